The Bertz CT molecular complexity index is 354. The predicted molar refractivity (Wildman–Crippen MR) is 76.1 cm³/mol. The van der Waals surface area contributed by atoms with E-state index in [1.165, 1.54) is 35.8 Å². The summed E-state index contributed by atoms with van der Waals surface area (Å²) < 4.78 is 1.20. The fourth-order valence-electron chi connectivity index (χ4n) is 2.42. The maximum atomic E-state index is 3.58. The number of hydrogen-bond acceptors (Lipinski definition) is 2. The minimum Gasteiger partial charge on any atom is -0.311 e. The van der Waals surface area contributed by atoms with Gasteiger partial charge < -0.3 is 10.2 Å². The molecule has 0 saturated carbocycles. The van der Waals surface area contributed by atoms with Crippen molar-refractivity contribution < 1.29 is 0 Å². The second-order valence-electron chi connectivity index (χ2n) is 4.85. The Morgan fingerprint density at radius 2 is 2.18 bits per heavy atom. The van der Waals surface area contributed by atoms with Gasteiger partial charge in [0, 0.05) is 23.6 Å². The van der Waals surface area contributed by atoms with Crippen LogP contribution in [-0.2, 0) is 6.54 Å². The van der Waals surface area contributed by atoms with Crippen molar-refractivity contribution in [1.82, 2.24) is 10.2 Å². The Hall–Kier alpha value is -0.380. The lowest BCUT2D eigenvalue weighted by Crippen LogP contribution is -2.42. The van der Waals surface area contributed by atoms with Gasteiger partial charge in [0.2, 0.25) is 0 Å². The zero-order chi connectivity index (χ0) is 12.1. The highest BCUT2D eigenvalue weighted by Crippen LogP contribution is 2.16. The number of halogens is 1. The van der Waals surface area contributed by atoms with Crippen molar-refractivity contribution in [3.8, 4) is 0 Å². The SMILES string of the molecule is CN1CCCCC1CNCc1ccccc1Br. The van der Waals surface area contributed by atoms with Gasteiger partial charge in [0.25, 0.3) is 0 Å². The Labute approximate surface area is 113 Å². The van der Waals surface area contributed by atoms with Crippen LogP contribution in [0.25, 0.3) is 0 Å². The van der Waals surface area contributed by atoms with Crippen molar-refractivity contribution in [2.45, 2.75) is 31.8 Å². The van der Waals surface area contributed by atoms with Crippen LogP contribution in [0.4, 0.5) is 0 Å². The normalized spacial score (nSPS) is 21.6. The summed E-state index contributed by atoms with van der Waals surface area (Å²) in [6.45, 7) is 3.30. The van der Waals surface area contributed by atoms with E-state index in [9.17, 15) is 0 Å². The first kappa shape index (κ1) is 13.1. The van der Waals surface area contributed by atoms with Crippen LogP contribution in [0, 0.1) is 0 Å². The van der Waals surface area contributed by atoms with Gasteiger partial charge in [0.15, 0.2) is 0 Å². The first-order valence-electron chi connectivity index (χ1n) is 6.42. The average Bonchev–Trinajstić information content (AvgIpc) is 2.34. The molecule has 0 amide bonds. The van der Waals surface area contributed by atoms with E-state index in [0.717, 1.165) is 13.1 Å². The third-order valence-corrected chi connectivity index (χ3v) is 4.35. The Kier molecular flexibility index (Phi) is 5.01. The smallest absolute Gasteiger partial charge is 0.0220 e. The summed E-state index contributed by atoms with van der Waals surface area (Å²) in [4.78, 5) is 2.48. The number of piperidine rings is 1. The lowest BCUT2D eigenvalue weighted by molar-refractivity contribution is 0.181. The number of rotatable bonds is 4. The summed E-state index contributed by atoms with van der Waals surface area (Å²) in [5.74, 6) is 0. The van der Waals surface area contributed by atoms with Crippen LogP contribution in [0.5, 0.6) is 0 Å². The molecular formula is C14H21BrN2. The van der Waals surface area contributed by atoms with E-state index in [-0.39, 0.29) is 0 Å². The highest BCUT2D eigenvalue weighted by atomic mass is 79.9. The fourth-order valence-corrected chi connectivity index (χ4v) is 2.84. The van der Waals surface area contributed by atoms with E-state index in [2.05, 4.69) is 57.5 Å². The van der Waals surface area contributed by atoms with E-state index in [1.54, 1.807) is 0 Å². The molecule has 1 atom stereocenters. The van der Waals surface area contributed by atoms with Gasteiger partial charge in [0.1, 0.15) is 0 Å². The number of benzene rings is 1. The van der Waals surface area contributed by atoms with Crippen molar-refractivity contribution in [2.75, 3.05) is 20.1 Å². The molecule has 1 aromatic carbocycles. The van der Waals surface area contributed by atoms with E-state index in [4.69, 9.17) is 0 Å². The highest BCUT2D eigenvalue weighted by molar-refractivity contribution is 9.10. The molecule has 0 spiro atoms. The van der Waals surface area contributed by atoms with E-state index < -0.39 is 0 Å². The molecule has 1 heterocycles. The lowest BCUT2D eigenvalue weighted by atomic mass is 10.0. The Morgan fingerprint density at radius 1 is 1.35 bits per heavy atom. The van der Waals surface area contributed by atoms with Gasteiger partial charge in [-0.1, -0.05) is 40.5 Å². The van der Waals surface area contributed by atoms with Gasteiger partial charge in [-0.05, 0) is 38.1 Å². The third-order valence-electron chi connectivity index (χ3n) is 3.57. The summed E-state index contributed by atoms with van der Waals surface area (Å²) >= 11 is 3.58. The zero-order valence-electron chi connectivity index (χ0n) is 10.5. The quantitative estimate of drug-likeness (QED) is 0.919. The monoisotopic (exact) mass is 296 g/mol. The third kappa shape index (κ3) is 3.80. The molecule has 0 radical (unpaired) electrons. The van der Waals surface area contributed by atoms with Crippen molar-refractivity contribution in [1.29, 1.82) is 0 Å². The molecule has 1 aliphatic heterocycles. The second-order valence-corrected chi connectivity index (χ2v) is 5.71. The maximum Gasteiger partial charge on any atom is 0.0220 e. The van der Waals surface area contributed by atoms with Crippen LogP contribution in [-0.4, -0.2) is 31.1 Å². The number of nitrogens with one attached hydrogen (secondary N) is 1. The minimum absolute atomic E-state index is 0.714. The van der Waals surface area contributed by atoms with Gasteiger partial charge in [-0.25, -0.2) is 0 Å². The average molecular weight is 297 g/mol. The largest absolute Gasteiger partial charge is 0.311 e. The minimum atomic E-state index is 0.714. The van der Waals surface area contributed by atoms with Crippen molar-refractivity contribution in [3.63, 3.8) is 0 Å². The van der Waals surface area contributed by atoms with Crippen LogP contribution < -0.4 is 5.32 Å². The standard InChI is InChI=1S/C14H21BrN2/c1-17-9-5-4-7-13(17)11-16-10-12-6-2-3-8-14(12)15/h2-3,6,8,13,16H,4-5,7,9-11H2,1H3. The molecule has 1 aromatic rings. The Balaban J connectivity index is 1.77. The Morgan fingerprint density at radius 3 is 2.94 bits per heavy atom. The number of likely N-dealkylation sites (N-methyl/N-ethyl adjacent to an activating group) is 1. The topological polar surface area (TPSA) is 15.3 Å². The molecule has 17 heavy (non-hydrogen) atoms. The van der Waals surface area contributed by atoms with Gasteiger partial charge in [-0.3, -0.25) is 0 Å². The van der Waals surface area contributed by atoms with Crippen LogP contribution in [0.15, 0.2) is 28.7 Å². The number of nitrogens with zero attached hydrogens (tertiary/aromatic N) is 1. The van der Waals surface area contributed by atoms with Crippen LogP contribution in [0.1, 0.15) is 24.8 Å². The van der Waals surface area contributed by atoms with E-state index in [1.807, 2.05) is 0 Å². The second kappa shape index (κ2) is 6.53. The molecule has 1 unspecified atom stereocenters. The summed E-state index contributed by atoms with van der Waals surface area (Å²) in [6, 6.07) is 9.13. The van der Waals surface area contributed by atoms with Gasteiger partial charge in [-0.2, -0.15) is 0 Å². The van der Waals surface area contributed by atoms with Crippen molar-refractivity contribution >= 4 is 15.9 Å². The van der Waals surface area contributed by atoms with Crippen LogP contribution in [0.3, 0.4) is 0 Å². The first-order valence-corrected chi connectivity index (χ1v) is 7.21. The lowest BCUT2D eigenvalue weighted by Gasteiger charge is -2.32. The summed E-state index contributed by atoms with van der Waals surface area (Å²) in [5, 5.41) is 3.57. The maximum absolute atomic E-state index is 3.58. The van der Waals surface area contributed by atoms with Crippen LogP contribution >= 0.6 is 15.9 Å². The summed E-state index contributed by atoms with van der Waals surface area (Å²) in [6.07, 6.45) is 4.07. The molecule has 1 saturated heterocycles. The number of hydrogen-bond donors (Lipinski definition) is 1. The molecule has 0 bridgehead atoms. The predicted octanol–water partition coefficient (Wildman–Crippen LogP) is 3.02. The molecule has 0 aromatic heterocycles. The number of likely N-dealkylation sites (tertiary alicyclic amines) is 1. The molecule has 1 aliphatic rings. The highest BCUT2D eigenvalue weighted by Gasteiger charge is 2.17. The zero-order valence-corrected chi connectivity index (χ0v) is 12.0. The molecule has 3 heteroatoms. The molecular weight excluding hydrogens is 276 g/mol. The molecule has 1 N–H and O–H groups in total. The summed E-state index contributed by atoms with van der Waals surface area (Å²) in [5.41, 5.74) is 1.34. The van der Waals surface area contributed by atoms with Gasteiger partial charge in [-0.15, -0.1) is 0 Å². The first-order chi connectivity index (χ1) is 8.27. The van der Waals surface area contributed by atoms with Crippen molar-refractivity contribution in [3.05, 3.63) is 34.3 Å². The molecule has 0 aliphatic carbocycles. The molecule has 94 valence electrons. The molecule has 2 rings (SSSR count). The van der Waals surface area contributed by atoms with E-state index in [0.29, 0.717) is 6.04 Å². The van der Waals surface area contributed by atoms with Gasteiger partial charge >= 0.3 is 0 Å². The molecule has 1 fully saturated rings. The van der Waals surface area contributed by atoms with Gasteiger partial charge in [0.05, 0.1) is 0 Å². The summed E-state index contributed by atoms with van der Waals surface area (Å²) in [7, 11) is 2.24. The fraction of sp³-hybridized carbons (Fsp3) is 0.571. The van der Waals surface area contributed by atoms with E-state index >= 15 is 0 Å². The molecule has 2 nitrogen and oxygen atoms in total. The van der Waals surface area contributed by atoms with Crippen LogP contribution in [0.2, 0.25) is 0 Å². The van der Waals surface area contributed by atoms with Crippen molar-refractivity contribution in [2.24, 2.45) is 0 Å².